The number of nitrogens with one attached hydrogen (secondary N) is 2. The Kier molecular flexibility index (Phi) is 4.04. The van der Waals surface area contributed by atoms with Gasteiger partial charge in [-0.2, -0.15) is 0 Å². The van der Waals surface area contributed by atoms with Crippen molar-refractivity contribution in [1.82, 2.24) is 5.32 Å². The van der Waals surface area contributed by atoms with Crippen LogP contribution in [0.5, 0.6) is 0 Å². The number of hydrogen-bond donors (Lipinski definition) is 2. The van der Waals surface area contributed by atoms with E-state index in [2.05, 4.69) is 15.8 Å². The van der Waals surface area contributed by atoms with Crippen LogP contribution in [-0.2, 0) is 4.84 Å². The van der Waals surface area contributed by atoms with Crippen LogP contribution in [0.2, 0.25) is 5.02 Å². The molecular formula is C12H14ClN3O2. The number of carbonyl (C=O) groups excluding carboxylic acids is 1. The Morgan fingerprint density at radius 1 is 1.56 bits per heavy atom. The lowest BCUT2D eigenvalue weighted by molar-refractivity contribution is 0.0870. The summed E-state index contributed by atoms with van der Waals surface area (Å²) in [6.07, 6.45) is 0.661. The van der Waals surface area contributed by atoms with Crippen LogP contribution in [-0.4, -0.2) is 24.4 Å². The molecule has 0 spiro atoms. The first-order valence-corrected chi connectivity index (χ1v) is 6.01. The van der Waals surface area contributed by atoms with Crippen molar-refractivity contribution in [2.24, 2.45) is 5.16 Å². The van der Waals surface area contributed by atoms with E-state index in [1.165, 1.54) is 0 Å². The highest BCUT2D eigenvalue weighted by Crippen LogP contribution is 2.20. The predicted octanol–water partition coefficient (Wildman–Crippen LogP) is 2.63. The molecule has 0 saturated heterocycles. The summed E-state index contributed by atoms with van der Waals surface area (Å²) in [4.78, 5) is 16.7. The highest BCUT2D eigenvalue weighted by Gasteiger charge is 2.18. The summed E-state index contributed by atoms with van der Waals surface area (Å²) in [5, 5.41) is 9.71. The van der Waals surface area contributed by atoms with Crippen molar-refractivity contribution in [1.29, 1.82) is 0 Å². The Balaban J connectivity index is 1.78. The minimum atomic E-state index is -0.309. The molecule has 0 fully saturated rings. The summed E-state index contributed by atoms with van der Waals surface area (Å²) in [5.41, 5.74) is 1.52. The van der Waals surface area contributed by atoms with Gasteiger partial charge in [-0.05, 0) is 19.1 Å². The molecule has 1 aromatic carbocycles. The second-order valence-electron chi connectivity index (χ2n) is 4.07. The first-order chi connectivity index (χ1) is 8.65. The number of para-hydroxylation sites is 1. The van der Waals surface area contributed by atoms with Gasteiger partial charge in [0.15, 0.2) is 0 Å². The van der Waals surface area contributed by atoms with Gasteiger partial charge >= 0.3 is 6.03 Å². The van der Waals surface area contributed by atoms with Gasteiger partial charge in [0.2, 0.25) is 0 Å². The summed E-state index contributed by atoms with van der Waals surface area (Å²) < 4.78 is 0. The van der Waals surface area contributed by atoms with Crippen molar-refractivity contribution in [2.45, 2.75) is 19.4 Å². The van der Waals surface area contributed by atoms with E-state index < -0.39 is 0 Å². The fourth-order valence-corrected chi connectivity index (χ4v) is 1.80. The molecule has 0 radical (unpaired) electrons. The molecule has 96 valence electrons. The van der Waals surface area contributed by atoms with Gasteiger partial charge in [-0.1, -0.05) is 28.9 Å². The molecule has 18 heavy (non-hydrogen) atoms. The lowest BCUT2D eigenvalue weighted by Crippen LogP contribution is -2.35. The van der Waals surface area contributed by atoms with E-state index in [1.807, 2.05) is 6.92 Å². The van der Waals surface area contributed by atoms with Crippen LogP contribution < -0.4 is 10.6 Å². The Labute approximate surface area is 110 Å². The van der Waals surface area contributed by atoms with Crippen molar-refractivity contribution in [3.63, 3.8) is 0 Å². The molecule has 0 aliphatic carbocycles. The SMILES string of the molecule is CC1=NO[C@@H](CNC(=O)Nc2ccccc2Cl)C1. The molecule has 2 N–H and O–H groups in total. The van der Waals surface area contributed by atoms with E-state index in [0.29, 0.717) is 17.3 Å². The van der Waals surface area contributed by atoms with Crippen molar-refractivity contribution >= 4 is 29.0 Å². The van der Waals surface area contributed by atoms with Gasteiger partial charge < -0.3 is 15.5 Å². The van der Waals surface area contributed by atoms with E-state index in [1.54, 1.807) is 24.3 Å². The first-order valence-electron chi connectivity index (χ1n) is 5.64. The van der Waals surface area contributed by atoms with Gasteiger partial charge in [-0.15, -0.1) is 0 Å². The Morgan fingerprint density at radius 3 is 3.00 bits per heavy atom. The van der Waals surface area contributed by atoms with Crippen molar-refractivity contribution in [2.75, 3.05) is 11.9 Å². The maximum Gasteiger partial charge on any atom is 0.319 e. The molecular weight excluding hydrogens is 254 g/mol. The zero-order valence-corrected chi connectivity index (χ0v) is 10.7. The van der Waals surface area contributed by atoms with Crippen LogP contribution in [0.4, 0.5) is 10.5 Å². The standard InChI is InChI=1S/C12H14ClN3O2/c1-8-6-9(18-16-8)7-14-12(17)15-11-5-3-2-4-10(11)13/h2-5,9H,6-7H2,1H3,(H2,14,15,17)/t9-/m1/s1. The zero-order valence-electron chi connectivity index (χ0n) is 9.94. The number of nitrogens with zero attached hydrogens (tertiary/aromatic N) is 1. The average Bonchev–Trinajstić information content (AvgIpc) is 2.76. The minimum absolute atomic E-state index is 0.0815. The Morgan fingerprint density at radius 2 is 2.33 bits per heavy atom. The molecule has 1 aliphatic heterocycles. The third-order valence-electron chi connectivity index (χ3n) is 2.49. The lowest BCUT2D eigenvalue weighted by atomic mass is 10.2. The number of anilines is 1. The number of oxime groups is 1. The van der Waals surface area contributed by atoms with Gasteiger partial charge in [0.05, 0.1) is 23.0 Å². The van der Waals surface area contributed by atoms with Crippen LogP contribution >= 0.6 is 11.6 Å². The van der Waals surface area contributed by atoms with Gasteiger partial charge in [0, 0.05) is 6.42 Å². The van der Waals surface area contributed by atoms with E-state index in [0.717, 1.165) is 12.1 Å². The van der Waals surface area contributed by atoms with Crippen molar-refractivity contribution in [3.05, 3.63) is 29.3 Å². The molecule has 2 rings (SSSR count). The topological polar surface area (TPSA) is 62.7 Å². The van der Waals surface area contributed by atoms with Gasteiger partial charge in [0.25, 0.3) is 0 Å². The van der Waals surface area contributed by atoms with Crippen LogP contribution in [0.25, 0.3) is 0 Å². The fourth-order valence-electron chi connectivity index (χ4n) is 1.61. The predicted molar refractivity (Wildman–Crippen MR) is 71.1 cm³/mol. The average molecular weight is 268 g/mol. The molecule has 1 aliphatic rings. The van der Waals surface area contributed by atoms with E-state index in [9.17, 15) is 4.79 Å². The van der Waals surface area contributed by atoms with Crippen LogP contribution in [0.1, 0.15) is 13.3 Å². The number of halogens is 1. The van der Waals surface area contributed by atoms with Crippen LogP contribution in [0.3, 0.4) is 0 Å². The number of hydrogen-bond acceptors (Lipinski definition) is 3. The zero-order chi connectivity index (χ0) is 13.0. The number of rotatable bonds is 3. The van der Waals surface area contributed by atoms with Gasteiger partial charge in [-0.25, -0.2) is 4.79 Å². The molecule has 1 atom stereocenters. The summed E-state index contributed by atoms with van der Waals surface area (Å²) in [6.45, 7) is 2.31. The fraction of sp³-hybridized carbons (Fsp3) is 0.333. The van der Waals surface area contributed by atoms with Gasteiger partial charge in [0.1, 0.15) is 6.10 Å². The first kappa shape index (κ1) is 12.7. The summed E-state index contributed by atoms with van der Waals surface area (Å²) >= 11 is 5.93. The van der Waals surface area contributed by atoms with Crippen molar-refractivity contribution < 1.29 is 9.63 Å². The van der Waals surface area contributed by atoms with Crippen molar-refractivity contribution in [3.8, 4) is 0 Å². The van der Waals surface area contributed by atoms with Crippen LogP contribution in [0, 0.1) is 0 Å². The monoisotopic (exact) mass is 267 g/mol. The molecule has 0 unspecified atom stereocenters. The number of benzene rings is 1. The third-order valence-corrected chi connectivity index (χ3v) is 2.82. The largest absolute Gasteiger partial charge is 0.390 e. The quantitative estimate of drug-likeness (QED) is 0.884. The van der Waals surface area contributed by atoms with E-state index >= 15 is 0 Å². The summed E-state index contributed by atoms with van der Waals surface area (Å²) in [6, 6.07) is 6.75. The summed E-state index contributed by atoms with van der Waals surface area (Å²) in [5.74, 6) is 0. The molecule has 6 heteroatoms. The lowest BCUT2D eigenvalue weighted by Gasteiger charge is -2.11. The highest BCUT2D eigenvalue weighted by atomic mass is 35.5. The second kappa shape index (κ2) is 5.73. The normalized spacial score (nSPS) is 17.9. The molecule has 1 aromatic rings. The minimum Gasteiger partial charge on any atom is -0.390 e. The second-order valence-corrected chi connectivity index (χ2v) is 4.48. The maximum absolute atomic E-state index is 11.6. The number of carbonyl (C=O) groups is 1. The Bertz CT molecular complexity index is 476. The molecule has 0 aromatic heterocycles. The smallest absolute Gasteiger partial charge is 0.319 e. The molecule has 1 heterocycles. The Hall–Kier alpha value is -1.75. The maximum atomic E-state index is 11.6. The van der Waals surface area contributed by atoms with E-state index in [4.69, 9.17) is 16.4 Å². The molecule has 5 nitrogen and oxygen atoms in total. The third kappa shape index (κ3) is 3.37. The van der Waals surface area contributed by atoms with E-state index in [-0.39, 0.29) is 12.1 Å². The number of urea groups is 1. The van der Waals surface area contributed by atoms with Crippen LogP contribution in [0.15, 0.2) is 29.4 Å². The summed E-state index contributed by atoms with van der Waals surface area (Å²) in [7, 11) is 0. The molecule has 0 bridgehead atoms. The highest BCUT2D eigenvalue weighted by molar-refractivity contribution is 6.33. The van der Waals surface area contributed by atoms with Gasteiger partial charge in [-0.3, -0.25) is 0 Å². The molecule has 0 saturated carbocycles. The number of amides is 2. The molecule has 2 amide bonds.